The first-order valence-corrected chi connectivity index (χ1v) is 8.16. The molecule has 0 N–H and O–H groups in total. The zero-order valence-electron chi connectivity index (χ0n) is 13.2. The number of rotatable bonds is 5. The number of carbonyl (C=O) groups is 1. The molecule has 23 heavy (non-hydrogen) atoms. The van der Waals surface area contributed by atoms with E-state index in [0.717, 1.165) is 18.4 Å². The van der Waals surface area contributed by atoms with Crippen LogP contribution in [-0.2, 0) is 16.0 Å². The Morgan fingerprint density at radius 2 is 2.09 bits per heavy atom. The summed E-state index contributed by atoms with van der Waals surface area (Å²) in [5, 5.41) is 0. The number of carbonyl (C=O) groups excluding carboxylic acids is 1. The molecule has 1 aromatic heterocycles. The highest BCUT2D eigenvalue weighted by Gasteiger charge is 2.25. The Kier molecular flexibility index (Phi) is 5.37. The topological polar surface area (TPSA) is 42.4 Å². The summed E-state index contributed by atoms with van der Waals surface area (Å²) in [6.07, 6.45) is 5.93. The van der Waals surface area contributed by atoms with Gasteiger partial charge in [-0.15, -0.1) is 0 Å². The van der Waals surface area contributed by atoms with Gasteiger partial charge in [0.05, 0.1) is 13.2 Å². The lowest BCUT2D eigenvalue weighted by molar-refractivity contribution is -0.139. The second-order valence-corrected chi connectivity index (χ2v) is 5.82. The number of benzene rings is 1. The molecule has 120 valence electrons. The molecule has 3 rings (SSSR count). The molecule has 2 aromatic rings. The highest BCUT2D eigenvalue weighted by atomic mass is 16.5. The van der Waals surface area contributed by atoms with Gasteiger partial charge in [-0.3, -0.25) is 9.78 Å². The van der Waals surface area contributed by atoms with Gasteiger partial charge in [-0.25, -0.2) is 0 Å². The Balaban J connectivity index is 1.49. The summed E-state index contributed by atoms with van der Waals surface area (Å²) >= 11 is 0. The monoisotopic (exact) mass is 310 g/mol. The third-order valence-corrected chi connectivity index (χ3v) is 4.17. The van der Waals surface area contributed by atoms with E-state index in [2.05, 4.69) is 17.1 Å². The van der Waals surface area contributed by atoms with E-state index in [1.807, 2.05) is 41.4 Å². The van der Waals surface area contributed by atoms with Crippen LogP contribution in [-0.4, -0.2) is 35.5 Å². The van der Waals surface area contributed by atoms with Crippen molar-refractivity contribution in [3.63, 3.8) is 0 Å². The lowest BCUT2D eigenvalue weighted by Gasteiger charge is -2.33. The summed E-state index contributed by atoms with van der Waals surface area (Å²) in [5.41, 5.74) is 2.32. The van der Waals surface area contributed by atoms with Crippen LogP contribution in [0.2, 0.25) is 0 Å². The summed E-state index contributed by atoms with van der Waals surface area (Å²) in [7, 11) is 0. The summed E-state index contributed by atoms with van der Waals surface area (Å²) in [4.78, 5) is 18.5. The van der Waals surface area contributed by atoms with Crippen molar-refractivity contribution in [2.75, 3.05) is 19.7 Å². The number of pyridine rings is 1. The molecule has 0 aliphatic carbocycles. The molecule has 1 aliphatic heterocycles. The standard InChI is InChI=1S/C19H22N2O2/c22-19(10-4-8-16-6-2-1-3-7-16)21-12-13-23-18(15-21)17-9-5-11-20-14-17/h1-3,5-7,9,11,14,18H,4,8,10,12-13,15H2/t18-/m0/s1. The van der Waals surface area contributed by atoms with Crippen molar-refractivity contribution < 1.29 is 9.53 Å². The quantitative estimate of drug-likeness (QED) is 0.852. The van der Waals surface area contributed by atoms with Crippen LogP contribution in [0.5, 0.6) is 0 Å². The molecular formula is C19H22N2O2. The fourth-order valence-corrected chi connectivity index (χ4v) is 2.89. The highest BCUT2D eigenvalue weighted by molar-refractivity contribution is 5.76. The zero-order valence-corrected chi connectivity index (χ0v) is 13.2. The van der Waals surface area contributed by atoms with Gasteiger partial charge in [0.15, 0.2) is 0 Å². The molecule has 0 unspecified atom stereocenters. The van der Waals surface area contributed by atoms with Crippen LogP contribution in [0.25, 0.3) is 0 Å². The van der Waals surface area contributed by atoms with Gasteiger partial charge < -0.3 is 9.64 Å². The number of morpholine rings is 1. The van der Waals surface area contributed by atoms with E-state index in [0.29, 0.717) is 26.1 Å². The van der Waals surface area contributed by atoms with E-state index >= 15 is 0 Å². The largest absolute Gasteiger partial charge is 0.370 e. The summed E-state index contributed by atoms with van der Waals surface area (Å²) in [5.74, 6) is 0.220. The Labute approximate surface area is 137 Å². The van der Waals surface area contributed by atoms with Crippen LogP contribution in [0.15, 0.2) is 54.9 Å². The predicted molar refractivity (Wildman–Crippen MR) is 88.9 cm³/mol. The van der Waals surface area contributed by atoms with Crippen molar-refractivity contribution in [2.24, 2.45) is 0 Å². The minimum atomic E-state index is -0.0597. The molecule has 1 saturated heterocycles. The van der Waals surface area contributed by atoms with E-state index < -0.39 is 0 Å². The Bertz CT molecular complexity index is 616. The molecule has 1 atom stereocenters. The second-order valence-electron chi connectivity index (χ2n) is 5.82. The van der Waals surface area contributed by atoms with Crippen molar-refractivity contribution in [3.05, 3.63) is 66.0 Å². The normalized spacial score (nSPS) is 17.9. The number of nitrogens with zero attached hydrogens (tertiary/aromatic N) is 2. The van der Waals surface area contributed by atoms with Crippen LogP contribution in [0.3, 0.4) is 0 Å². The third kappa shape index (κ3) is 4.39. The van der Waals surface area contributed by atoms with Crippen molar-refractivity contribution in [3.8, 4) is 0 Å². The molecule has 0 spiro atoms. The summed E-state index contributed by atoms with van der Waals surface area (Å²) in [6.45, 7) is 1.89. The lowest BCUT2D eigenvalue weighted by Crippen LogP contribution is -2.42. The van der Waals surface area contributed by atoms with Gasteiger partial charge in [0.1, 0.15) is 6.10 Å². The lowest BCUT2D eigenvalue weighted by atomic mass is 10.1. The van der Waals surface area contributed by atoms with E-state index in [1.54, 1.807) is 6.20 Å². The van der Waals surface area contributed by atoms with Crippen LogP contribution in [0.4, 0.5) is 0 Å². The molecule has 1 aromatic carbocycles. The number of aryl methyl sites for hydroxylation is 1. The van der Waals surface area contributed by atoms with Gasteiger partial charge in [-0.2, -0.15) is 0 Å². The molecule has 0 bridgehead atoms. The fraction of sp³-hybridized carbons (Fsp3) is 0.368. The van der Waals surface area contributed by atoms with E-state index in [-0.39, 0.29) is 12.0 Å². The van der Waals surface area contributed by atoms with Crippen LogP contribution < -0.4 is 0 Å². The molecule has 0 saturated carbocycles. The first kappa shape index (κ1) is 15.7. The molecular weight excluding hydrogens is 288 g/mol. The average Bonchev–Trinajstić information content (AvgIpc) is 2.63. The number of ether oxygens (including phenoxy) is 1. The third-order valence-electron chi connectivity index (χ3n) is 4.17. The van der Waals surface area contributed by atoms with Crippen LogP contribution >= 0.6 is 0 Å². The Hall–Kier alpha value is -2.20. The van der Waals surface area contributed by atoms with Gasteiger partial charge in [0.25, 0.3) is 0 Å². The maximum Gasteiger partial charge on any atom is 0.222 e. The van der Waals surface area contributed by atoms with Crippen LogP contribution in [0.1, 0.15) is 30.1 Å². The maximum absolute atomic E-state index is 12.4. The van der Waals surface area contributed by atoms with Crippen molar-refractivity contribution >= 4 is 5.91 Å². The molecule has 1 amide bonds. The molecule has 2 heterocycles. The molecule has 1 aliphatic rings. The number of amides is 1. The number of hydrogen-bond donors (Lipinski definition) is 0. The van der Waals surface area contributed by atoms with Crippen LogP contribution in [0, 0.1) is 0 Å². The van der Waals surface area contributed by atoms with Gasteiger partial charge in [0.2, 0.25) is 5.91 Å². The first-order valence-electron chi connectivity index (χ1n) is 8.16. The van der Waals surface area contributed by atoms with Gasteiger partial charge in [-0.05, 0) is 24.5 Å². The molecule has 1 fully saturated rings. The minimum absolute atomic E-state index is 0.0597. The van der Waals surface area contributed by atoms with E-state index in [1.165, 1.54) is 5.56 Å². The van der Waals surface area contributed by atoms with Crippen molar-refractivity contribution in [2.45, 2.75) is 25.4 Å². The fourth-order valence-electron chi connectivity index (χ4n) is 2.89. The highest BCUT2D eigenvalue weighted by Crippen LogP contribution is 2.22. The number of hydrogen-bond acceptors (Lipinski definition) is 3. The number of aromatic nitrogens is 1. The van der Waals surface area contributed by atoms with Crippen molar-refractivity contribution in [1.29, 1.82) is 0 Å². The Morgan fingerprint density at radius 1 is 1.22 bits per heavy atom. The first-order chi connectivity index (χ1) is 11.3. The molecule has 0 radical (unpaired) electrons. The summed E-state index contributed by atoms with van der Waals surface area (Å²) < 4.78 is 5.78. The van der Waals surface area contributed by atoms with Gasteiger partial charge in [-0.1, -0.05) is 36.4 Å². The summed E-state index contributed by atoms with van der Waals surface area (Å²) in [6, 6.07) is 14.2. The van der Waals surface area contributed by atoms with E-state index in [4.69, 9.17) is 4.74 Å². The Morgan fingerprint density at radius 3 is 2.87 bits per heavy atom. The maximum atomic E-state index is 12.4. The van der Waals surface area contributed by atoms with Gasteiger partial charge >= 0.3 is 0 Å². The zero-order chi connectivity index (χ0) is 15.9. The second kappa shape index (κ2) is 7.88. The SMILES string of the molecule is O=C(CCCc1ccccc1)N1CCO[C@H](c2cccnc2)C1. The minimum Gasteiger partial charge on any atom is -0.370 e. The smallest absolute Gasteiger partial charge is 0.222 e. The molecule has 4 heteroatoms. The average molecular weight is 310 g/mol. The van der Waals surface area contributed by atoms with Crippen molar-refractivity contribution in [1.82, 2.24) is 9.88 Å². The van der Waals surface area contributed by atoms with E-state index in [9.17, 15) is 4.79 Å². The van der Waals surface area contributed by atoms with Gasteiger partial charge in [0, 0.05) is 30.9 Å². The molecule has 4 nitrogen and oxygen atoms in total. The predicted octanol–water partition coefficient (Wildman–Crippen LogP) is 3.00.